The number of nitrogens with zero attached hydrogens (tertiary/aromatic N) is 2. The Balaban J connectivity index is 2.14. The van der Waals surface area contributed by atoms with Crippen LogP contribution in [0.25, 0.3) is 0 Å². The lowest BCUT2D eigenvalue weighted by Gasteiger charge is -2.31. The van der Waals surface area contributed by atoms with Crippen molar-refractivity contribution in [3.8, 4) is 5.75 Å². The van der Waals surface area contributed by atoms with Crippen molar-refractivity contribution in [1.29, 1.82) is 0 Å². The van der Waals surface area contributed by atoms with Crippen LogP contribution in [-0.4, -0.2) is 46.6 Å². The van der Waals surface area contributed by atoms with Crippen molar-refractivity contribution in [2.75, 3.05) is 19.7 Å². The Kier molecular flexibility index (Phi) is 4.74. The number of piperidine rings is 1. The molecule has 21 heavy (non-hydrogen) atoms. The van der Waals surface area contributed by atoms with Crippen molar-refractivity contribution in [2.45, 2.75) is 25.9 Å². The second-order valence-electron chi connectivity index (χ2n) is 4.91. The molecule has 1 fully saturated rings. The van der Waals surface area contributed by atoms with Gasteiger partial charge in [0, 0.05) is 25.8 Å². The van der Waals surface area contributed by atoms with Crippen molar-refractivity contribution in [3.63, 3.8) is 0 Å². The third kappa shape index (κ3) is 3.49. The fourth-order valence-electron chi connectivity index (χ4n) is 2.49. The number of amides is 1. The number of nitro groups is 1. The molecule has 114 valence electrons. The summed E-state index contributed by atoms with van der Waals surface area (Å²) in [5.41, 5.74) is -0.361. The molecule has 1 aliphatic heterocycles. The lowest BCUT2D eigenvalue weighted by atomic mass is 10.1. The number of rotatable bonds is 4. The topological polar surface area (TPSA) is 92.9 Å². The number of phenols is 1. The van der Waals surface area contributed by atoms with Gasteiger partial charge >= 0.3 is 0 Å². The fourth-order valence-corrected chi connectivity index (χ4v) is 2.49. The Morgan fingerprint density at radius 3 is 2.71 bits per heavy atom. The summed E-state index contributed by atoms with van der Waals surface area (Å²) in [5.74, 6) is -0.583. The molecule has 7 nitrogen and oxygen atoms in total. The van der Waals surface area contributed by atoms with E-state index in [1.807, 2.05) is 6.92 Å². The summed E-state index contributed by atoms with van der Waals surface area (Å²) in [7, 11) is 0. The molecule has 1 heterocycles. The highest BCUT2D eigenvalue weighted by Crippen LogP contribution is 2.26. The van der Waals surface area contributed by atoms with E-state index in [0.717, 1.165) is 12.1 Å². The molecule has 0 saturated carbocycles. The third-order valence-corrected chi connectivity index (χ3v) is 3.54. The molecule has 0 spiro atoms. The number of carbonyl (C=O) groups is 1. The molecule has 7 heteroatoms. The van der Waals surface area contributed by atoms with Crippen LogP contribution in [0.15, 0.2) is 18.2 Å². The zero-order valence-electron chi connectivity index (χ0n) is 11.8. The third-order valence-electron chi connectivity index (χ3n) is 3.54. The van der Waals surface area contributed by atoms with Gasteiger partial charge in [-0.25, -0.2) is 0 Å². The molecule has 0 atom stereocenters. The number of carbonyl (C=O) groups excluding carboxylic acids is 1. The molecule has 1 N–H and O–H groups in total. The SMILES string of the molecule is CCOC1CCN(C(=O)c2cc(O)ccc2[N+](=O)[O-])CC1. The van der Waals surface area contributed by atoms with Crippen LogP contribution in [0.5, 0.6) is 5.75 Å². The summed E-state index contributed by atoms with van der Waals surface area (Å²) < 4.78 is 5.51. The number of hydrogen-bond donors (Lipinski definition) is 1. The average molecular weight is 294 g/mol. The maximum atomic E-state index is 12.4. The first-order chi connectivity index (χ1) is 10.0. The van der Waals surface area contributed by atoms with Crippen LogP contribution in [-0.2, 0) is 4.74 Å². The van der Waals surface area contributed by atoms with Gasteiger partial charge in [0.15, 0.2) is 0 Å². The zero-order chi connectivity index (χ0) is 15.4. The first kappa shape index (κ1) is 15.2. The molecule has 0 bridgehead atoms. The van der Waals surface area contributed by atoms with E-state index in [0.29, 0.717) is 32.5 Å². The predicted octanol–water partition coefficient (Wildman–Crippen LogP) is 1.94. The van der Waals surface area contributed by atoms with Gasteiger partial charge in [-0.15, -0.1) is 0 Å². The van der Waals surface area contributed by atoms with Gasteiger partial charge in [-0.2, -0.15) is 0 Å². The molecule has 0 unspecified atom stereocenters. The van der Waals surface area contributed by atoms with Gasteiger partial charge in [-0.05, 0) is 31.9 Å². The average Bonchev–Trinajstić information content (AvgIpc) is 2.47. The highest BCUT2D eigenvalue weighted by atomic mass is 16.6. The first-order valence-corrected chi connectivity index (χ1v) is 6.91. The normalized spacial score (nSPS) is 16.0. The monoisotopic (exact) mass is 294 g/mol. The Hall–Kier alpha value is -2.15. The second-order valence-corrected chi connectivity index (χ2v) is 4.91. The van der Waals surface area contributed by atoms with E-state index in [-0.39, 0.29) is 23.1 Å². The van der Waals surface area contributed by atoms with Gasteiger partial charge in [0.2, 0.25) is 0 Å². The summed E-state index contributed by atoms with van der Waals surface area (Å²) in [4.78, 5) is 24.4. The van der Waals surface area contributed by atoms with E-state index in [4.69, 9.17) is 4.74 Å². The highest BCUT2D eigenvalue weighted by molar-refractivity contribution is 5.98. The number of likely N-dealkylation sites (tertiary alicyclic amines) is 1. The van der Waals surface area contributed by atoms with Gasteiger partial charge in [0.25, 0.3) is 11.6 Å². The zero-order valence-corrected chi connectivity index (χ0v) is 11.8. The standard InChI is InChI=1S/C14H18N2O5/c1-2-21-11-5-7-15(8-6-11)14(18)12-9-10(17)3-4-13(12)16(19)20/h3-4,9,11,17H,2,5-8H2,1H3. The smallest absolute Gasteiger partial charge is 0.282 e. The van der Waals surface area contributed by atoms with Crippen LogP contribution in [0, 0.1) is 10.1 Å². The minimum absolute atomic E-state index is 0.0742. The molecule has 1 aliphatic rings. The fraction of sp³-hybridized carbons (Fsp3) is 0.500. The predicted molar refractivity (Wildman–Crippen MR) is 75.3 cm³/mol. The van der Waals surface area contributed by atoms with E-state index < -0.39 is 10.8 Å². The van der Waals surface area contributed by atoms with Gasteiger partial charge < -0.3 is 14.7 Å². The van der Waals surface area contributed by atoms with Gasteiger partial charge in [-0.3, -0.25) is 14.9 Å². The molecule has 1 saturated heterocycles. The van der Waals surface area contributed by atoms with Crippen molar-refractivity contribution in [2.24, 2.45) is 0 Å². The molecule has 0 aliphatic carbocycles. The quantitative estimate of drug-likeness (QED) is 0.676. The second kappa shape index (κ2) is 6.53. The van der Waals surface area contributed by atoms with Crippen LogP contribution in [0.1, 0.15) is 30.1 Å². The van der Waals surface area contributed by atoms with Crippen LogP contribution in [0.4, 0.5) is 5.69 Å². The van der Waals surface area contributed by atoms with Gasteiger partial charge in [-0.1, -0.05) is 0 Å². The lowest BCUT2D eigenvalue weighted by Crippen LogP contribution is -2.41. The van der Waals surface area contributed by atoms with E-state index in [2.05, 4.69) is 0 Å². The molecule has 0 radical (unpaired) electrons. The molecular weight excluding hydrogens is 276 g/mol. The largest absolute Gasteiger partial charge is 0.508 e. The summed E-state index contributed by atoms with van der Waals surface area (Å²) in [6.45, 7) is 3.55. The number of aromatic hydroxyl groups is 1. The van der Waals surface area contributed by atoms with E-state index in [1.165, 1.54) is 6.07 Å². The van der Waals surface area contributed by atoms with Crippen LogP contribution in [0.2, 0.25) is 0 Å². The van der Waals surface area contributed by atoms with Crippen LogP contribution in [0.3, 0.4) is 0 Å². The molecule has 0 aromatic heterocycles. The van der Waals surface area contributed by atoms with Crippen molar-refractivity contribution < 1.29 is 19.6 Å². The van der Waals surface area contributed by atoms with Crippen LogP contribution >= 0.6 is 0 Å². The molecule has 1 aromatic carbocycles. The van der Waals surface area contributed by atoms with Gasteiger partial charge in [0.1, 0.15) is 11.3 Å². The summed E-state index contributed by atoms with van der Waals surface area (Å²) in [6, 6.07) is 3.50. The van der Waals surface area contributed by atoms with Gasteiger partial charge in [0.05, 0.1) is 11.0 Å². The number of phenolic OH excluding ortho intramolecular Hbond substituents is 1. The van der Waals surface area contributed by atoms with Crippen molar-refractivity contribution in [1.82, 2.24) is 4.90 Å². The summed E-state index contributed by atoms with van der Waals surface area (Å²) in [5, 5.41) is 20.5. The Morgan fingerprint density at radius 2 is 2.14 bits per heavy atom. The first-order valence-electron chi connectivity index (χ1n) is 6.91. The minimum Gasteiger partial charge on any atom is -0.508 e. The Bertz CT molecular complexity index is 538. The van der Waals surface area contributed by atoms with E-state index in [9.17, 15) is 20.0 Å². The number of benzene rings is 1. The van der Waals surface area contributed by atoms with E-state index >= 15 is 0 Å². The maximum absolute atomic E-state index is 12.4. The van der Waals surface area contributed by atoms with Crippen molar-refractivity contribution in [3.05, 3.63) is 33.9 Å². The Labute approximate surface area is 122 Å². The lowest BCUT2D eigenvalue weighted by molar-refractivity contribution is -0.385. The molecular formula is C14H18N2O5. The highest BCUT2D eigenvalue weighted by Gasteiger charge is 2.28. The number of ether oxygens (including phenoxy) is 1. The van der Waals surface area contributed by atoms with Crippen molar-refractivity contribution >= 4 is 11.6 Å². The number of nitro benzene ring substituents is 1. The molecule has 2 rings (SSSR count). The molecule has 1 aromatic rings. The maximum Gasteiger partial charge on any atom is 0.282 e. The van der Waals surface area contributed by atoms with Crippen LogP contribution < -0.4 is 0 Å². The summed E-state index contributed by atoms with van der Waals surface area (Å²) >= 11 is 0. The Morgan fingerprint density at radius 1 is 1.48 bits per heavy atom. The number of hydrogen-bond acceptors (Lipinski definition) is 5. The molecule has 1 amide bonds. The summed E-state index contributed by atoms with van der Waals surface area (Å²) in [6.07, 6.45) is 1.57. The minimum atomic E-state index is -0.611. The van der Waals surface area contributed by atoms with E-state index in [1.54, 1.807) is 4.90 Å².